The number of aryl methyl sites for hydroxylation is 1. The van der Waals surface area contributed by atoms with Gasteiger partial charge in [0.25, 0.3) is 0 Å². The van der Waals surface area contributed by atoms with Crippen molar-refractivity contribution in [2.24, 2.45) is 0 Å². The van der Waals surface area contributed by atoms with Crippen molar-refractivity contribution in [3.8, 4) is 5.75 Å². The molecule has 1 rings (SSSR count). The van der Waals surface area contributed by atoms with E-state index in [0.29, 0.717) is 11.7 Å². The first kappa shape index (κ1) is 12.7. The minimum absolute atomic E-state index is 0. The van der Waals surface area contributed by atoms with E-state index in [9.17, 15) is 5.11 Å². The molecule has 0 aliphatic rings. The number of phenolic OH excluding ortho intramolecular Hbond substituents is 1. The second-order valence-corrected chi connectivity index (χ2v) is 3.22. The molecule has 0 saturated carbocycles. The molecule has 0 aromatic heterocycles. The van der Waals surface area contributed by atoms with Crippen LogP contribution < -0.4 is 0 Å². The van der Waals surface area contributed by atoms with E-state index in [4.69, 9.17) is 0 Å². The third-order valence-electron chi connectivity index (χ3n) is 1.81. The van der Waals surface area contributed by atoms with E-state index in [0.717, 1.165) is 11.1 Å². The van der Waals surface area contributed by atoms with Gasteiger partial charge in [-0.15, -0.1) is 0 Å². The van der Waals surface area contributed by atoms with Crippen molar-refractivity contribution < 1.29 is 5.11 Å². The molecular formula is C10H15KO. The molecule has 1 aromatic rings. The predicted octanol–water partition coefficient (Wildman–Crippen LogP) is 2.18. The van der Waals surface area contributed by atoms with Crippen LogP contribution in [0, 0.1) is 6.92 Å². The summed E-state index contributed by atoms with van der Waals surface area (Å²) in [6.45, 7) is 6.12. The standard InChI is InChI=1S/C10H14O.K.H/c1-7(2)9-5-4-8(3)6-10(9)11;;/h4-7,11H,1-3H3;;. The van der Waals surface area contributed by atoms with Crippen molar-refractivity contribution in [3.63, 3.8) is 0 Å². The Hall–Kier alpha value is 0.656. The molecule has 2 heteroatoms. The van der Waals surface area contributed by atoms with E-state index >= 15 is 0 Å². The summed E-state index contributed by atoms with van der Waals surface area (Å²) < 4.78 is 0. The number of hydrogen-bond donors (Lipinski definition) is 1. The first-order valence-electron chi connectivity index (χ1n) is 3.91. The van der Waals surface area contributed by atoms with Crippen LogP contribution in [0.2, 0.25) is 0 Å². The average molecular weight is 190 g/mol. The van der Waals surface area contributed by atoms with E-state index in [2.05, 4.69) is 13.8 Å². The van der Waals surface area contributed by atoms with Gasteiger partial charge in [0, 0.05) is 0 Å². The number of rotatable bonds is 1. The second kappa shape index (κ2) is 5.40. The molecular weight excluding hydrogens is 175 g/mol. The SMILES string of the molecule is Cc1ccc(C(C)C)c(O)c1.[KH]. The van der Waals surface area contributed by atoms with E-state index in [1.54, 1.807) is 6.07 Å². The Morgan fingerprint density at radius 3 is 2.25 bits per heavy atom. The van der Waals surface area contributed by atoms with Crippen LogP contribution in [0.1, 0.15) is 30.9 Å². The molecule has 1 N–H and O–H groups in total. The van der Waals surface area contributed by atoms with Crippen LogP contribution in [-0.4, -0.2) is 56.5 Å². The Morgan fingerprint density at radius 1 is 1.25 bits per heavy atom. The number of phenols is 1. The third-order valence-corrected chi connectivity index (χ3v) is 1.81. The van der Waals surface area contributed by atoms with Crippen molar-refractivity contribution in [1.82, 2.24) is 0 Å². The van der Waals surface area contributed by atoms with Gasteiger partial charge in [0.05, 0.1) is 0 Å². The fourth-order valence-corrected chi connectivity index (χ4v) is 1.14. The topological polar surface area (TPSA) is 20.2 Å². The normalized spacial score (nSPS) is 9.67. The molecule has 0 fully saturated rings. The molecule has 0 atom stereocenters. The van der Waals surface area contributed by atoms with Gasteiger partial charge in [-0.2, -0.15) is 0 Å². The number of hydrogen-bond acceptors (Lipinski definition) is 1. The second-order valence-electron chi connectivity index (χ2n) is 3.22. The Bertz CT molecular complexity index is 256. The van der Waals surface area contributed by atoms with E-state index in [1.165, 1.54) is 0 Å². The Balaban J connectivity index is 0.00000121. The number of benzene rings is 1. The summed E-state index contributed by atoms with van der Waals surface area (Å²) in [5.41, 5.74) is 2.13. The molecule has 0 bridgehead atoms. The fraction of sp³-hybridized carbons (Fsp3) is 0.400. The molecule has 1 aromatic carbocycles. The van der Waals surface area contributed by atoms with Gasteiger partial charge < -0.3 is 5.11 Å². The van der Waals surface area contributed by atoms with Crippen LogP contribution >= 0.6 is 0 Å². The van der Waals surface area contributed by atoms with Crippen LogP contribution in [0.3, 0.4) is 0 Å². The molecule has 0 spiro atoms. The summed E-state index contributed by atoms with van der Waals surface area (Å²) in [6, 6.07) is 5.81. The van der Waals surface area contributed by atoms with Crippen molar-refractivity contribution >= 4 is 51.4 Å². The Labute approximate surface area is 117 Å². The quantitative estimate of drug-likeness (QED) is 0.673. The van der Waals surface area contributed by atoms with Gasteiger partial charge >= 0.3 is 51.4 Å². The van der Waals surface area contributed by atoms with Gasteiger partial charge in [-0.3, -0.25) is 0 Å². The Kier molecular flexibility index (Phi) is 5.70. The van der Waals surface area contributed by atoms with Gasteiger partial charge in [0.15, 0.2) is 0 Å². The first-order valence-corrected chi connectivity index (χ1v) is 3.91. The average Bonchev–Trinajstić information content (AvgIpc) is 1.85. The molecule has 0 radical (unpaired) electrons. The summed E-state index contributed by atoms with van der Waals surface area (Å²) in [7, 11) is 0. The van der Waals surface area contributed by atoms with Gasteiger partial charge in [-0.25, -0.2) is 0 Å². The van der Waals surface area contributed by atoms with Gasteiger partial charge in [-0.05, 0) is 30.0 Å². The third kappa shape index (κ3) is 3.19. The maximum absolute atomic E-state index is 9.46. The molecule has 62 valence electrons. The zero-order valence-electron chi connectivity index (χ0n) is 7.26. The molecule has 0 saturated heterocycles. The molecule has 12 heavy (non-hydrogen) atoms. The summed E-state index contributed by atoms with van der Waals surface area (Å²) in [5.74, 6) is 0.815. The molecule has 0 unspecified atom stereocenters. The van der Waals surface area contributed by atoms with E-state index < -0.39 is 0 Å². The molecule has 0 heterocycles. The van der Waals surface area contributed by atoms with Gasteiger partial charge in [-0.1, -0.05) is 26.0 Å². The summed E-state index contributed by atoms with van der Waals surface area (Å²) >= 11 is 0. The summed E-state index contributed by atoms with van der Waals surface area (Å²) in [4.78, 5) is 0. The van der Waals surface area contributed by atoms with Crippen LogP contribution in [0.15, 0.2) is 18.2 Å². The van der Waals surface area contributed by atoms with E-state index in [1.807, 2.05) is 19.1 Å². The monoisotopic (exact) mass is 190 g/mol. The van der Waals surface area contributed by atoms with Gasteiger partial charge in [0.1, 0.15) is 5.75 Å². The molecule has 0 aliphatic carbocycles. The minimum atomic E-state index is 0. The van der Waals surface area contributed by atoms with Crippen LogP contribution in [0.4, 0.5) is 0 Å². The molecule has 0 amide bonds. The molecule has 0 aliphatic heterocycles. The summed E-state index contributed by atoms with van der Waals surface area (Å²) in [5, 5.41) is 9.46. The Morgan fingerprint density at radius 2 is 1.83 bits per heavy atom. The van der Waals surface area contributed by atoms with Crippen LogP contribution in [0.25, 0.3) is 0 Å². The zero-order valence-corrected chi connectivity index (χ0v) is 7.26. The van der Waals surface area contributed by atoms with Gasteiger partial charge in [0.2, 0.25) is 0 Å². The first-order chi connectivity index (χ1) is 5.11. The van der Waals surface area contributed by atoms with Crippen molar-refractivity contribution in [3.05, 3.63) is 29.3 Å². The van der Waals surface area contributed by atoms with Crippen molar-refractivity contribution in [1.29, 1.82) is 0 Å². The van der Waals surface area contributed by atoms with Crippen LogP contribution in [-0.2, 0) is 0 Å². The summed E-state index contributed by atoms with van der Waals surface area (Å²) in [6.07, 6.45) is 0. The van der Waals surface area contributed by atoms with Crippen molar-refractivity contribution in [2.45, 2.75) is 26.7 Å². The number of aromatic hydroxyl groups is 1. The van der Waals surface area contributed by atoms with E-state index in [-0.39, 0.29) is 51.4 Å². The van der Waals surface area contributed by atoms with Crippen LogP contribution in [0.5, 0.6) is 5.75 Å². The maximum atomic E-state index is 9.46. The predicted molar refractivity (Wildman–Crippen MR) is 54.1 cm³/mol. The fourth-order valence-electron chi connectivity index (χ4n) is 1.14. The zero-order chi connectivity index (χ0) is 8.43. The van der Waals surface area contributed by atoms with Crippen molar-refractivity contribution in [2.75, 3.05) is 0 Å². The molecule has 1 nitrogen and oxygen atoms in total.